The summed E-state index contributed by atoms with van der Waals surface area (Å²) in [6.45, 7) is 3.63. The van der Waals surface area contributed by atoms with E-state index in [1.54, 1.807) is 0 Å². The molecule has 66 valence electrons. The standard InChI is InChI=1S/C9H14N2O/c12-9(2-4-10-8-9)3-7-11-5-1-6-11/h10,12H,1-2,4-6,8H2. The second-order valence-corrected chi connectivity index (χ2v) is 3.54. The Kier molecular flexibility index (Phi) is 1.95. The van der Waals surface area contributed by atoms with Crippen LogP contribution in [0.15, 0.2) is 0 Å². The van der Waals surface area contributed by atoms with Gasteiger partial charge in [-0.25, -0.2) is 0 Å². The maximum atomic E-state index is 9.80. The molecule has 0 radical (unpaired) electrons. The Morgan fingerprint density at radius 1 is 1.42 bits per heavy atom. The van der Waals surface area contributed by atoms with Crippen molar-refractivity contribution in [3.63, 3.8) is 0 Å². The Morgan fingerprint density at radius 2 is 2.25 bits per heavy atom. The summed E-state index contributed by atoms with van der Waals surface area (Å²) in [5.74, 6) is 2.93. The fourth-order valence-electron chi connectivity index (χ4n) is 1.40. The van der Waals surface area contributed by atoms with Crippen molar-refractivity contribution in [2.45, 2.75) is 18.4 Å². The van der Waals surface area contributed by atoms with Crippen LogP contribution in [-0.4, -0.2) is 41.8 Å². The number of β-amino-alcohol motifs (C(OH)–C–C–N with tert-alkyl or cyclic N) is 1. The Hall–Kier alpha value is -0.720. The third-order valence-corrected chi connectivity index (χ3v) is 2.44. The smallest absolute Gasteiger partial charge is 0.140 e. The van der Waals surface area contributed by atoms with E-state index in [1.165, 1.54) is 6.42 Å². The van der Waals surface area contributed by atoms with E-state index in [1.807, 2.05) is 0 Å². The van der Waals surface area contributed by atoms with Crippen LogP contribution in [0.5, 0.6) is 0 Å². The molecule has 3 heteroatoms. The molecule has 2 aliphatic rings. The minimum atomic E-state index is -0.754. The Bertz CT molecular complexity index is 218. The second-order valence-electron chi connectivity index (χ2n) is 3.54. The average Bonchev–Trinajstić information content (AvgIpc) is 2.33. The predicted molar refractivity (Wildman–Crippen MR) is 46.4 cm³/mol. The maximum Gasteiger partial charge on any atom is 0.140 e. The number of hydrogen-bond acceptors (Lipinski definition) is 3. The molecular weight excluding hydrogens is 152 g/mol. The highest BCUT2D eigenvalue weighted by molar-refractivity contribution is 5.17. The molecule has 1 atom stereocenters. The lowest BCUT2D eigenvalue weighted by Gasteiger charge is -2.26. The Labute approximate surface area is 72.8 Å². The van der Waals surface area contributed by atoms with Gasteiger partial charge in [0.1, 0.15) is 5.60 Å². The first-order valence-corrected chi connectivity index (χ1v) is 4.49. The van der Waals surface area contributed by atoms with Gasteiger partial charge in [0.2, 0.25) is 0 Å². The molecule has 2 aliphatic heterocycles. The summed E-state index contributed by atoms with van der Waals surface area (Å²) in [6, 6.07) is 2.99. The summed E-state index contributed by atoms with van der Waals surface area (Å²) in [4.78, 5) is 2.05. The third-order valence-electron chi connectivity index (χ3n) is 2.44. The lowest BCUT2D eigenvalue weighted by atomic mass is 10.1. The highest BCUT2D eigenvalue weighted by atomic mass is 16.3. The molecule has 2 N–H and O–H groups in total. The molecule has 0 aromatic rings. The molecule has 0 amide bonds. The van der Waals surface area contributed by atoms with Crippen LogP contribution in [-0.2, 0) is 0 Å². The van der Waals surface area contributed by atoms with Crippen LogP contribution < -0.4 is 5.32 Å². The first-order valence-electron chi connectivity index (χ1n) is 4.49. The van der Waals surface area contributed by atoms with Crippen LogP contribution in [0.2, 0.25) is 0 Å². The molecule has 2 heterocycles. The van der Waals surface area contributed by atoms with Gasteiger partial charge in [-0.15, -0.1) is 0 Å². The van der Waals surface area contributed by atoms with Crippen molar-refractivity contribution in [2.24, 2.45) is 0 Å². The van der Waals surface area contributed by atoms with Crippen molar-refractivity contribution < 1.29 is 5.11 Å². The zero-order valence-electron chi connectivity index (χ0n) is 7.14. The molecule has 0 aliphatic carbocycles. The summed E-state index contributed by atoms with van der Waals surface area (Å²) < 4.78 is 0. The second kappa shape index (κ2) is 2.96. The van der Waals surface area contributed by atoms with Crippen molar-refractivity contribution in [2.75, 3.05) is 26.2 Å². The van der Waals surface area contributed by atoms with Crippen molar-refractivity contribution in [1.29, 1.82) is 0 Å². The summed E-state index contributed by atoms with van der Waals surface area (Å²) in [5, 5.41) is 12.9. The quantitative estimate of drug-likeness (QED) is 0.471. The van der Waals surface area contributed by atoms with Crippen LogP contribution in [0.3, 0.4) is 0 Å². The van der Waals surface area contributed by atoms with Crippen molar-refractivity contribution in [3.8, 4) is 12.0 Å². The van der Waals surface area contributed by atoms with Gasteiger partial charge in [0, 0.05) is 32.1 Å². The van der Waals surface area contributed by atoms with Crippen LogP contribution in [0.4, 0.5) is 0 Å². The molecule has 0 spiro atoms. The molecule has 2 fully saturated rings. The summed E-state index contributed by atoms with van der Waals surface area (Å²) in [7, 11) is 0. The summed E-state index contributed by atoms with van der Waals surface area (Å²) in [5.41, 5.74) is -0.754. The van der Waals surface area contributed by atoms with Crippen molar-refractivity contribution >= 4 is 0 Å². The lowest BCUT2D eigenvalue weighted by Crippen LogP contribution is -2.35. The minimum Gasteiger partial charge on any atom is -0.376 e. The van der Waals surface area contributed by atoms with Crippen molar-refractivity contribution in [3.05, 3.63) is 0 Å². The predicted octanol–water partition coefficient (Wildman–Crippen LogP) is -0.623. The normalized spacial score (nSPS) is 33.9. The van der Waals surface area contributed by atoms with Crippen LogP contribution >= 0.6 is 0 Å². The molecule has 0 bridgehead atoms. The minimum absolute atomic E-state index is 0.619. The molecule has 0 aromatic heterocycles. The molecule has 0 saturated carbocycles. The van der Waals surface area contributed by atoms with Crippen molar-refractivity contribution in [1.82, 2.24) is 10.2 Å². The van der Waals surface area contributed by atoms with Gasteiger partial charge in [0.25, 0.3) is 0 Å². The number of rotatable bonds is 0. The molecule has 0 aromatic carbocycles. The van der Waals surface area contributed by atoms with Gasteiger partial charge in [-0.05, 0) is 18.9 Å². The van der Waals surface area contributed by atoms with Crippen LogP contribution in [0, 0.1) is 12.0 Å². The third kappa shape index (κ3) is 1.55. The van der Waals surface area contributed by atoms with E-state index in [0.717, 1.165) is 26.1 Å². The van der Waals surface area contributed by atoms with E-state index < -0.39 is 5.60 Å². The first-order chi connectivity index (χ1) is 5.79. The monoisotopic (exact) mass is 166 g/mol. The fraction of sp³-hybridized carbons (Fsp3) is 0.778. The number of nitrogens with zero attached hydrogens (tertiary/aromatic N) is 1. The molecule has 1 unspecified atom stereocenters. The zero-order valence-corrected chi connectivity index (χ0v) is 7.14. The highest BCUT2D eigenvalue weighted by Crippen LogP contribution is 2.13. The molecule has 2 rings (SSSR count). The first kappa shape index (κ1) is 7.90. The number of aliphatic hydroxyl groups is 1. The molecule has 2 saturated heterocycles. The van der Waals surface area contributed by atoms with Gasteiger partial charge in [0.05, 0.1) is 0 Å². The SMILES string of the molecule is OC1(C#CN2CCC2)CCNC1. The van der Waals surface area contributed by atoms with Gasteiger partial charge < -0.3 is 15.3 Å². The zero-order chi connectivity index (χ0) is 8.44. The van der Waals surface area contributed by atoms with Gasteiger partial charge >= 0.3 is 0 Å². The van der Waals surface area contributed by atoms with E-state index in [2.05, 4.69) is 22.2 Å². The van der Waals surface area contributed by atoms with Gasteiger partial charge in [-0.3, -0.25) is 0 Å². The summed E-state index contributed by atoms with van der Waals surface area (Å²) >= 11 is 0. The molecular formula is C9H14N2O. The van der Waals surface area contributed by atoms with E-state index in [0.29, 0.717) is 6.54 Å². The van der Waals surface area contributed by atoms with E-state index in [9.17, 15) is 5.11 Å². The topological polar surface area (TPSA) is 35.5 Å². The Morgan fingerprint density at radius 3 is 2.75 bits per heavy atom. The van der Waals surface area contributed by atoms with Gasteiger partial charge in [0.15, 0.2) is 0 Å². The summed E-state index contributed by atoms with van der Waals surface area (Å²) in [6.07, 6.45) is 2.00. The van der Waals surface area contributed by atoms with Crippen LogP contribution in [0.25, 0.3) is 0 Å². The van der Waals surface area contributed by atoms with Gasteiger partial charge in [-0.1, -0.05) is 0 Å². The van der Waals surface area contributed by atoms with E-state index in [4.69, 9.17) is 0 Å². The maximum absolute atomic E-state index is 9.80. The lowest BCUT2D eigenvalue weighted by molar-refractivity contribution is 0.122. The average molecular weight is 166 g/mol. The number of hydrogen-bond donors (Lipinski definition) is 2. The molecule has 12 heavy (non-hydrogen) atoms. The largest absolute Gasteiger partial charge is 0.376 e. The number of likely N-dealkylation sites (tertiary alicyclic amines) is 1. The fourth-order valence-corrected chi connectivity index (χ4v) is 1.40. The Balaban J connectivity index is 1.93. The molecule has 3 nitrogen and oxygen atoms in total. The van der Waals surface area contributed by atoms with Crippen LogP contribution in [0.1, 0.15) is 12.8 Å². The number of nitrogens with one attached hydrogen (secondary N) is 1. The van der Waals surface area contributed by atoms with E-state index >= 15 is 0 Å². The highest BCUT2D eigenvalue weighted by Gasteiger charge is 2.28. The van der Waals surface area contributed by atoms with E-state index in [-0.39, 0.29) is 0 Å². The van der Waals surface area contributed by atoms with Gasteiger partial charge in [-0.2, -0.15) is 0 Å².